The first-order valence-electron chi connectivity index (χ1n) is 7.50. The smallest absolute Gasteiger partial charge is 0.302 e. The van der Waals surface area contributed by atoms with E-state index < -0.39 is 8.07 Å². The van der Waals surface area contributed by atoms with Gasteiger partial charge in [-0.15, -0.1) is 0 Å². The van der Waals surface area contributed by atoms with Gasteiger partial charge in [0.05, 0.1) is 14.2 Å². The Balaban J connectivity index is 2.85. The minimum Gasteiger partial charge on any atom is -0.463 e. The molecule has 0 N–H and O–H groups in total. The molecule has 1 heterocycles. The zero-order chi connectivity index (χ0) is 15.6. The summed E-state index contributed by atoms with van der Waals surface area (Å²) in [6.45, 7) is 16.1. The summed E-state index contributed by atoms with van der Waals surface area (Å²) in [5, 5.41) is 0.274. The van der Waals surface area contributed by atoms with E-state index in [1.807, 2.05) is 6.92 Å². The molecule has 4 nitrogen and oxygen atoms in total. The van der Waals surface area contributed by atoms with Gasteiger partial charge in [-0.2, -0.15) is 0 Å². The van der Waals surface area contributed by atoms with Crippen molar-refractivity contribution in [2.45, 2.75) is 77.1 Å². The van der Waals surface area contributed by atoms with Crippen molar-refractivity contribution in [3.63, 3.8) is 0 Å². The summed E-state index contributed by atoms with van der Waals surface area (Å²) >= 11 is 0. The van der Waals surface area contributed by atoms with E-state index in [-0.39, 0.29) is 23.4 Å². The molecule has 0 aromatic rings. The lowest BCUT2D eigenvalue weighted by Gasteiger charge is -2.43. The van der Waals surface area contributed by atoms with Gasteiger partial charge < -0.3 is 14.2 Å². The first-order chi connectivity index (χ1) is 9.09. The summed E-state index contributed by atoms with van der Waals surface area (Å²) in [6, 6.07) is 0. The van der Waals surface area contributed by atoms with Crippen molar-refractivity contribution < 1.29 is 19.0 Å². The Morgan fingerprint density at radius 3 is 2.40 bits per heavy atom. The fourth-order valence-corrected chi connectivity index (χ4v) is 5.67. The van der Waals surface area contributed by atoms with Crippen molar-refractivity contribution in [2.24, 2.45) is 0 Å². The van der Waals surface area contributed by atoms with Gasteiger partial charge in [0.1, 0.15) is 6.61 Å². The minimum absolute atomic E-state index is 0.0312. The molecule has 1 rings (SSSR count). The maximum absolute atomic E-state index is 11.1. The Bertz CT molecular complexity index is 335. The highest BCUT2D eigenvalue weighted by Crippen LogP contribution is 2.50. The number of esters is 1. The number of hydrogen-bond acceptors (Lipinski definition) is 4. The largest absolute Gasteiger partial charge is 0.463 e. The topological polar surface area (TPSA) is 44.8 Å². The van der Waals surface area contributed by atoms with E-state index in [0.717, 1.165) is 6.42 Å². The maximum Gasteiger partial charge on any atom is 0.302 e. The van der Waals surface area contributed by atoms with Crippen LogP contribution < -0.4 is 0 Å². The number of rotatable bonds is 5. The van der Waals surface area contributed by atoms with Crippen molar-refractivity contribution in [3.8, 4) is 0 Å². The summed E-state index contributed by atoms with van der Waals surface area (Å²) in [4.78, 5) is 11.1. The molecule has 1 aliphatic heterocycles. The third-order valence-electron chi connectivity index (χ3n) is 4.89. The fraction of sp³-hybridized carbons (Fsp3) is 0.933. The van der Waals surface area contributed by atoms with Crippen molar-refractivity contribution >= 4 is 14.0 Å². The van der Waals surface area contributed by atoms with Gasteiger partial charge in [-0.1, -0.05) is 33.9 Å². The van der Waals surface area contributed by atoms with Gasteiger partial charge >= 0.3 is 5.97 Å². The summed E-state index contributed by atoms with van der Waals surface area (Å²) < 4.78 is 16.8. The average Bonchev–Trinajstić information content (AvgIpc) is 2.69. The molecule has 5 heteroatoms. The second-order valence-electron chi connectivity index (χ2n) is 7.18. The second kappa shape index (κ2) is 6.58. The van der Waals surface area contributed by atoms with Crippen LogP contribution in [0, 0.1) is 0 Å². The molecule has 118 valence electrons. The third-order valence-corrected chi connectivity index (χ3v) is 11.2. The highest BCUT2D eigenvalue weighted by molar-refractivity contribution is 6.81. The lowest BCUT2D eigenvalue weighted by Crippen LogP contribution is -2.46. The zero-order valence-electron chi connectivity index (χ0n) is 14.0. The summed E-state index contributed by atoms with van der Waals surface area (Å²) in [7, 11) is -1.57. The lowest BCUT2D eigenvalue weighted by atomic mass is 10.2. The van der Waals surface area contributed by atoms with Crippen LogP contribution in [0.1, 0.15) is 41.0 Å². The van der Waals surface area contributed by atoms with Gasteiger partial charge in [-0.25, -0.2) is 0 Å². The SMILES string of the molecule is CCOC1C[C@H]([Si](C)(C)C(C)(C)C)[C@@H](COC(C)=O)O1. The number of ether oxygens (including phenoxy) is 3. The minimum atomic E-state index is -1.57. The maximum atomic E-state index is 11.1. The van der Waals surface area contributed by atoms with E-state index in [0.29, 0.717) is 18.8 Å². The quantitative estimate of drug-likeness (QED) is 0.575. The summed E-state index contributed by atoms with van der Waals surface area (Å²) in [5.74, 6) is -0.248. The molecule has 0 radical (unpaired) electrons. The molecule has 20 heavy (non-hydrogen) atoms. The van der Waals surface area contributed by atoms with Crippen LogP contribution in [0.4, 0.5) is 0 Å². The molecule has 0 bridgehead atoms. The van der Waals surface area contributed by atoms with Crippen LogP contribution in [0.2, 0.25) is 23.7 Å². The molecular weight excluding hydrogens is 272 g/mol. The molecule has 0 aliphatic carbocycles. The van der Waals surface area contributed by atoms with Gasteiger partial charge in [0, 0.05) is 20.0 Å². The van der Waals surface area contributed by atoms with Crippen LogP contribution in [0.25, 0.3) is 0 Å². The van der Waals surface area contributed by atoms with E-state index in [1.165, 1.54) is 6.92 Å². The highest BCUT2D eigenvalue weighted by atomic mass is 28.3. The second-order valence-corrected chi connectivity index (χ2v) is 12.9. The molecule has 1 aliphatic rings. The molecule has 0 amide bonds. The number of hydrogen-bond donors (Lipinski definition) is 0. The Hall–Kier alpha value is -0.393. The molecule has 3 atom stereocenters. The lowest BCUT2D eigenvalue weighted by molar-refractivity contribution is -0.157. The summed E-state index contributed by atoms with van der Waals surface area (Å²) in [6.07, 6.45) is 0.729. The molecule has 1 fully saturated rings. The average molecular weight is 302 g/mol. The van der Waals surface area contributed by atoms with E-state index in [9.17, 15) is 4.79 Å². The molecule has 0 aromatic heterocycles. The van der Waals surface area contributed by atoms with Crippen molar-refractivity contribution in [3.05, 3.63) is 0 Å². The van der Waals surface area contributed by atoms with Crippen molar-refractivity contribution in [1.82, 2.24) is 0 Å². The number of carbonyl (C=O) groups excluding carboxylic acids is 1. The van der Waals surface area contributed by atoms with Crippen LogP contribution in [-0.4, -0.2) is 39.7 Å². The van der Waals surface area contributed by atoms with Crippen LogP contribution >= 0.6 is 0 Å². The standard InChI is InChI=1S/C15H30O4Si/c1-8-17-14-9-13(20(6,7)15(3,4)5)12(19-14)10-18-11(2)16/h12-14H,8-10H2,1-7H3/t12-,13+,14?/m1/s1. The molecule has 0 aromatic carbocycles. The number of carbonyl (C=O) groups is 1. The van der Waals surface area contributed by atoms with Gasteiger partial charge in [0.15, 0.2) is 6.29 Å². The van der Waals surface area contributed by atoms with Crippen LogP contribution in [-0.2, 0) is 19.0 Å². The fourth-order valence-electron chi connectivity index (χ4n) is 2.67. The predicted octanol–water partition coefficient (Wildman–Crippen LogP) is 3.58. The van der Waals surface area contributed by atoms with Crippen LogP contribution in [0.3, 0.4) is 0 Å². The van der Waals surface area contributed by atoms with Crippen molar-refractivity contribution in [2.75, 3.05) is 13.2 Å². The first kappa shape index (κ1) is 17.7. The van der Waals surface area contributed by atoms with Crippen molar-refractivity contribution in [1.29, 1.82) is 0 Å². The summed E-state index contributed by atoms with van der Waals surface area (Å²) in [5.41, 5.74) is 0.443. The Morgan fingerprint density at radius 2 is 1.95 bits per heavy atom. The monoisotopic (exact) mass is 302 g/mol. The predicted molar refractivity (Wildman–Crippen MR) is 82.5 cm³/mol. The van der Waals surface area contributed by atoms with Gasteiger partial charge in [-0.3, -0.25) is 4.79 Å². The normalized spacial score (nSPS) is 27.6. The van der Waals surface area contributed by atoms with E-state index in [1.54, 1.807) is 0 Å². The molecule has 1 unspecified atom stereocenters. The first-order valence-corrected chi connectivity index (χ1v) is 10.6. The highest BCUT2D eigenvalue weighted by Gasteiger charge is 2.50. The molecule has 0 saturated carbocycles. The van der Waals surface area contributed by atoms with Gasteiger partial charge in [-0.05, 0) is 17.5 Å². The Morgan fingerprint density at radius 1 is 1.35 bits per heavy atom. The van der Waals surface area contributed by atoms with Gasteiger partial charge in [0.2, 0.25) is 0 Å². The molecular formula is C15H30O4Si. The van der Waals surface area contributed by atoms with Crippen LogP contribution in [0.15, 0.2) is 0 Å². The van der Waals surface area contributed by atoms with Gasteiger partial charge in [0.25, 0.3) is 0 Å². The van der Waals surface area contributed by atoms with Crippen LogP contribution in [0.5, 0.6) is 0 Å². The van der Waals surface area contributed by atoms with E-state index >= 15 is 0 Å². The zero-order valence-corrected chi connectivity index (χ0v) is 15.0. The molecule has 1 saturated heterocycles. The Labute approximate surface area is 124 Å². The molecule has 0 spiro atoms. The van der Waals surface area contributed by atoms with E-state index in [2.05, 4.69) is 33.9 Å². The third kappa shape index (κ3) is 4.05. The Kier molecular flexibility index (Phi) is 5.81. The van der Waals surface area contributed by atoms with E-state index in [4.69, 9.17) is 14.2 Å².